The molecular weight excluding hydrogens is 268 g/mol. The molecule has 21 heavy (non-hydrogen) atoms. The number of carboxylic acid groups (broad SMARTS) is 1. The normalized spacial score (nSPS) is 21.6. The van der Waals surface area contributed by atoms with Gasteiger partial charge in [-0.2, -0.15) is 0 Å². The average Bonchev–Trinajstić information content (AvgIpc) is 2.43. The van der Waals surface area contributed by atoms with E-state index < -0.39 is 5.97 Å². The van der Waals surface area contributed by atoms with Crippen LogP contribution in [0.25, 0.3) is 0 Å². The minimum absolute atomic E-state index is 0.168. The maximum atomic E-state index is 12.1. The molecule has 3 N–H and O–H groups in total. The first-order valence-corrected chi connectivity index (χ1v) is 7.39. The first kappa shape index (κ1) is 15.4. The number of hydrogen-bond donors (Lipinski definition) is 3. The van der Waals surface area contributed by atoms with Gasteiger partial charge in [0.1, 0.15) is 0 Å². The Kier molecular flexibility index (Phi) is 4.83. The van der Waals surface area contributed by atoms with Crippen LogP contribution in [0.5, 0.6) is 0 Å². The Morgan fingerprint density at radius 2 is 1.95 bits per heavy atom. The highest BCUT2D eigenvalue weighted by molar-refractivity contribution is 5.94. The molecule has 0 bridgehead atoms. The molecule has 1 aliphatic carbocycles. The molecule has 0 radical (unpaired) electrons. The molecule has 2 atom stereocenters. The molecule has 1 saturated carbocycles. The highest BCUT2D eigenvalue weighted by atomic mass is 16.4. The summed E-state index contributed by atoms with van der Waals surface area (Å²) in [7, 11) is 0. The lowest BCUT2D eigenvalue weighted by Gasteiger charge is -2.29. The quantitative estimate of drug-likeness (QED) is 0.798. The Bertz CT molecular complexity index is 542. The summed E-state index contributed by atoms with van der Waals surface area (Å²) >= 11 is 0. The maximum Gasteiger partial charge on any atom is 0.335 e. The topological polar surface area (TPSA) is 78.4 Å². The van der Waals surface area contributed by atoms with Gasteiger partial charge in [-0.3, -0.25) is 0 Å². The SMILES string of the molecule is Cc1ccc(C(=O)O)cc1NC(=O)NC1CCCCC1C. The molecule has 0 saturated heterocycles. The number of hydrogen-bond acceptors (Lipinski definition) is 2. The fraction of sp³-hybridized carbons (Fsp3) is 0.500. The summed E-state index contributed by atoms with van der Waals surface area (Å²) in [5.74, 6) is -0.518. The van der Waals surface area contributed by atoms with E-state index in [1.54, 1.807) is 6.07 Å². The van der Waals surface area contributed by atoms with Crippen LogP contribution in [0.2, 0.25) is 0 Å². The fourth-order valence-corrected chi connectivity index (χ4v) is 2.75. The zero-order valence-corrected chi connectivity index (χ0v) is 12.5. The first-order chi connectivity index (χ1) is 9.97. The molecule has 5 nitrogen and oxygen atoms in total. The van der Waals surface area contributed by atoms with Crippen molar-refractivity contribution in [2.24, 2.45) is 5.92 Å². The Morgan fingerprint density at radius 1 is 1.24 bits per heavy atom. The van der Waals surface area contributed by atoms with E-state index in [1.807, 2.05) is 6.92 Å². The van der Waals surface area contributed by atoms with Crippen LogP contribution < -0.4 is 10.6 Å². The van der Waals surface area contributed by atoms with Crippen LogP contribution in [0.3, 0.4) is 0 Å². The molecule has 0 heterocycles. The second kappa shape index (κ2) is 6.61. The minimum Gasteiger partial charge on any atom is -0.478 e. The number of benzene rings is 1. The lowest BCUT2D eigenvalue weighted by atomic mass is 9.86. The Balaban J connectivity index is 2.02. The number of urea groups is 1. The fourth-order valence-electron chi connectivity index (χ4n) is 2.75. The van der Waals surface area contributed by atoms with Gasteiger partial charge in [0, 0.05) is 11.7 Å². The molecule has 114 valence electrons. The van der Waals surface area contributed by atoms with Crippen LogP contribution in [0, 0.1) is 12.8 Å². The largest absolute Gasteiger partial charge is 0.478 e. The second-order valence-electron chi connectivity index (χ2n) is 5.80. The summed E-state index contributed by atoms with van der Waals surface area (Å²) in [6, 6.07) is 4.65. The predicted octanol–water partition coefficient (Wildman–Crippen LogP) is 3.39. The van der Waals surface area contributed by atoms with Crippen LogP contribution in [-0.2, 0) is 0 Å². The van der Waals surface area contributed by atoms with Gasteiger partial charge < -0.3 is 15.7 Å². The molecule has 2 rings (SSSR count). The van der Waals surface area contributed by atoms with Crippen molar-refractivity contribution in [2.45, 2.75) is 45.6 Å². The molecule has 1 aromatic carbocycles. The Hall–Kier alpha value is -2.04. The zero-order chi connectivity index (χ0) is 15.4. The van der Waals surface area contributed by atoms with Gasteiger partial charge in [0.05, 0.1) is 5.56 Å². The van der Waals surface area contributed by atoms with Crippen LogP contribution in [0.4, 0.5) is 10.5 Å². The van der Waals surface area contributed by atoms with Crippen LogP contribution in [0.1, 0.15) is 48.5 Å². The highest BCUT2D eigenvalue weighted by Crippen LogP contribution is 2.24. The third-order valence-corrected chi connectivity index (χ3v) is 4.16. The van der Waals surface area contributed by atoms with Crippen molar-refractivity contribution in [3.63, 3.8) is 0 Å². The standard InChI is InChI=1S/C16H22N2O3/c1-10-5-3-4-6-13(10)17-16(21)18-14-9-12(15(19)20)8-7-11(14)2/h7-10,13H,3-6H2,1-2H3,(H,19,20)(H2,17,18,21). The smallest absolute Gasteiger partial charge is 0.335 e. The lowest BCUT2D eigenvalue weighted by molar-refractivity contribution is 0.0697. The molecule has 1 fully saturated rings. The van der Waals surface area contributed by atoms with Gasteiger partial charge in [0.15, 0.2) is 0 Å². The van der Waals surface area contributed by atoms with Gasteiger partial charge in [-0.15, -0.1) is 0 Å². The van der Waals surface area contributed by atoms with Gasteiger partial charge in [0.2, 0.25) is 0 Å². The van der Waals surface area contributed by atoms with Gasteiger partial charge in [0.25, 0.3) is 0 Å². The minimum atomic E-state index is -1.00. The number of aryl methyl sites for hydroxylation is 1. The lowest BCUT2D eigenvalue weighted by Crippen LogP contribution is -2.43. The molecule has 5 heteroatoms. The summed E-state index contributed by atoms with van der Waals surface area (Å²) in [6.07, 6.45) is 4.50. The monoisotopic (exact) mass is 290 g/mol. The number of nitrogens with one attached hydrogen (secondary N) is 2. The highest BCUT2D eigenvalue weighted by Gasteiger charge is 2.22. The van der Waals surface area contributed by atoms with Crippen molar-refractivity contribution in [3.8, 4) is 0 Å². The van der Waals surface area contributed by atoms with Gasteiger partial charge in [-0.25, -0.2) is 9.59 Å². The van der Waals surface area contributed by atoms with Crippen LogP contribution in [0.15, 0.2) is 18.2 Å². The number of aromatic carboxylic acids is 1. The summed E-state index contributed by atoms with van der Waals surface area (Å²) in [4.78, 5) is 23.1. The molecular formula is C16H22N2O3. The van der Waals surface area contributed by atoms with E-state index in [2.05, 4.69) is 17.6 Å². The molecule has 2 unspecified atom stereocenters. The second-order valence-corrected chi connectivity index (χ2v) is 5.80. The molecule has 0 aliphatic heterocycles. The van der Waals surface area contributed by atoms with Crippen molar-refractivity contribution < 1.29 is 14.7 Å². The van der Waals surface area contributed by atoms with E-state index in [-0.39, 0.29) is 17.6 Å². The van der Waals surface area contributed by atoms with Crippen molar-refractivity contribution >= 4 is 17.7 Å². The Morgan fingerprint density at radius 3 is 2.62 bits per heavy atom. The number of anilines is 1. The first-order valence-electron chi connectivity index (χ1n) is 7.39. The number of amides is 2. The molecule has 0 aromatic heterocycles. The van der Waals surface area contributed by atoms with E-state index in [0.717, 1.165) is 24.8 Å². The third kappa shape index (κ3) is 3.97. The van der Waals surface area contributed by atoms with Crippen LogP contribution >= 0.6 is 0 Å². The summed E-state index contributed by atoms with van der Waals surface area (Å²) in [5.41, 5.74) is 1.55. The molecule has 1 aliphatic rings. The summed E-state index contributed by atoms with van der Waals surface area (Å²) in [6.45, 7) is 3.99. The van der Waals surface area contributed by atoms with Crippen molar-refractivity contribution in [1.82, 2.24) is 5.32 Å². The molecule has 0 spiro atoms. The van der Waals surface area contributed by atoms with Gasteiger partial charge >= 0.3 is 12.0 Å². The van der Waals surface area contributed by atoms with Gasteiger partial charge in [-0.05, 0) is 43.4 Å². The number of carbonyl (C=O) groups excluding carboxylic acids is 1. The third-order valence-electron chi connectivity index (χ3n) is 4.16. The number of carbonyl (C=O) groups is 2. The number of rotatable bonds is 3. The van der Waals surface area contributed by atoms with Crippen molar-refractivity contribution in [1.29, 1.82) is 0 Å². The van der Waals surface area contributed by atoms with E-state index >= 15 is 0 Å². The average molecular weight is 290 g/mol. The van der Waals surface area contributed by atoms with Crippen molar-refractivity contribution in [2.75, 3.05) is 5.32 Å². The van der Waals surface area contributed by atoms with E-state index in [4.69, 9.17) is 5.11 Å². The van der Waals surface area contributed by atoms with E-state index in [0.29, 0.717) is 11.6 Å². The van der Waals surface area contributed by atoms with E-state index in [1.165, 1.54) is 18.6 Å². The predicted molar refractivity (Wildman–Crippen MR) is 81.7 cm³/mol. The molecule has 1 aromatic rings. The summed E-state index contributed by atoms with van der Waals surface area (Å²) in [5, 5.41) is 14.8. The Labute approximate surface area is 124 Å². The van der Waals surface area contributed by atoms with E-state index in [9.17, 15) is 9.59 Å². The molecule has 2 amide bonds. The van der Waals surface area contributed by atoms with Gasteiger partial charge in [-0.1, -0.05) is 25.8 Å². The zero-order valence-electron chi connectivity index (χ0n) is 12.5. The summed E-state index contributed by atoms with van der Waals surface area (Å²) < 4.78 is 0. The van der Waals surface area contributed by atoms with Crippen LogP contribution in [-0.4, -0.2) is 23.1 Å². The maximum absolute atomic E-state index is 12.1. The number of carboxylic acids is 1. The van der Waals surface area contributed by atoms with Crippen molar-refractivity contribution in [3.05, 3.63) is 29.3 Å².